The zero-order valence-corrected chi connectivity index (χ0v) is 13.8. The predicted molar refractivity (Wildman–Crippen MR) is 81.0 cm³/mol. The molecule has 1 aromatic carbocycles. The number of thioether (sulfide) groups is 1. The minimum Gasteiger partial charge on any atom is -0.465 e. The molecule has 6 heteroatoms. The molecule has 0 unspecified atom stereocenters. The number of halogens is 1. The molecule has 0 fully saturated rings. The summed E-state index contributed by atoms with van der Waals surface area (Å²) in [7, 11) is 1.37. The van der Waals surface area contributed by atoms with E-state index in [-0.39, 0.29) is 5.97 Å². The third kappa shape index (κ3) is 3.43. The number of methoxy groups -OCH3 is 1. The van der Waals surface area contributed by atoms with Crippen LogP contribution >= 0.6 is 27.7 Å². The van der Waals surface area contributed by atoms with E-state index >= 15 is 0 Å². The molecule has 20 heavy (non-hydrogen) atoms. The van der Waals surface area contributed by atoms with Crippen LogP contribution in [0, 0.1) is 13.8 Å². The lowest BCUT2D eigenvalue weighted by Gasteiger charge is -2.05. The van der Waals surface area contributed by atoms with Crippen molar-refractivity contribution in [2.24, 2.45) is 0 Å². The van der Waals surface area contributed by atoms with Crippen molar-refractivity contribution in [3.63, 3.8) is 0 Å². The van der Waals surface area contributed by atoms with Gasteiger partial charge >= 0.3 is 5.97 Å². The maximum atomic E-state index is 11.4. The van der Waals surface area contributed by atoms with E-state index in [0.29, 0.717) is 16.5 Å². The Morgan fingerprint density at radius 2 is 2.20 bits per heavy atom. The number of benzene rings is 1. The van der Waals surface area contributed by atoms with Gasteiger partial charge in [-0.1, -0.05) is 33.8 Å². The first-order chi connectivity index (χ1) is 9.51. The Balaban J connectivity index is 2.08. The van der Waals surface area contributed by atoms with Crippen LogP contribution in [0.15, 0.2) is 32.3 Å². The number of rotatable bonds is 4. The molecule has 0 aliphatic carbocycles. The highest BCUT2D eigenvalue weighted by Gasteiger charge is 2.11. The Bertz CT molecular complexity index is 620. The summed E-state index contributed by atoms with van der Waals surface area (Å²) in [6.45, 7) is 3.82. The minimum atomic E-state index is -0.344. The van der Waals surface area contributed by atoms with Gasteiger partial charge in [0.1, 0.15) is 5.76 Å². The summed E-state index contributed by atoms with van der Waals surface area (Å²) in [4.78, 5) is 15.7. The number of nitrogens with zero attached hydrogens (tertiary/aromatic N) is 1. The van der Waals surface area contributed by atoms with Crippen LogP contribution in [-0.2, 0) is 10.5 Å². The van der Waals surface area contributed by atoms with E-state index in [1.54, 1.807) is 12.1 Å². The molecule has 1 heterocycles. The number of oxazole rings is 1. The second-order valence-electron chi connectivity index (χ2n) is 4.21. The first kappa shape index (κ1) is 15.1. The highest BCUT2D eigenvalue weighted by Crippen LogP contribution is 2.28. The van der Waals surface area contributed by atoms with Gasteiger partial charge in [-0.3, -0.25) is 0 Å². The van der Waals surface area contributed by atoms with Gasteiger partial charge in [0.25, 0.3) is 5.22 Å². The molecule has 0 radical (unpaired) electrons. The highest BCUT2D eigenvalue weighted by atomic mass is 79.9. The van der Waals surface area contributed by atoms with Crippen LogP contribution < -0.4 is 0 Å². The Kier molecular flexibility index (Phi) is 4.88. The normalized spacial score (nSPS) is 10.6. The van der Waals surface area contributed by atoms with Crippen molar-refractivity contribution < 1.29 is 13.9 Å². The van der Waals surface area contributed by atoms with E-state index in [9.17, 15) is 4.79 Å². The third-order valence-corrected chi connectivity index (χ3v) is 4.45. The molecule has 0 aliphatic rings. The van der Waals surface area contributed by atoms with Crippen LogP contribution in [0.25, 0.3) is 0 Å². The molecule has 0 saturated heterocycles. The van der Waals surface area contributed by atoms with Gasteiger partial charge in [0, 0.05) is 10.2 Å². The fraction of sp³-hybridized carbons (Fsp3) is 0.286. The van der Waals surface area contributed by atoms with Crippen LogP contribution in [0.2, 0.25) is 0 Å². The van der Waals surface area contributed by atoms with Crippen molar-refractivity contribution in [1.82, 2.24) is 4.98 Å². The van der Waals surface area contributed by atoms with Crippen LogP contribution in [-0.4, -0.2) is 18.1 Å². The van der Waals surface area contributed by atoms with Crippen LogP contribution in [0.5, 0.6) is 0 Å². The second kappa shape index (κ2) is 6.45. The van der Waals surface area contributed by atoms with Crippen molar-refractivity contribution in [1.29, 1.82) is 0 Å². The van der Waals surface area contributed by atoms with Gasteiger partial charge in [-0.2, -0.15) is 0 Å². The van der Waals surface area contributed by atoms with Gasteiger partial charge in [0.2, 0.25) is 0 Å². The maximum Gasteiger partial charge on any atom is 0.337 e. The first-order valence-corrected chi connectivity index (χ1v) is 7.72. The molecular weight excluding hydrogens is 342 g/mol. The fourth-order valence-electron chi connectivity index (χ4n) is 1.55. The number of carbonyl (C=O) groups excluding carboxylic acids is 1. The lowest BCUT2D eigenvalue weighted by atomic mass is 10.1. The lowest BCUT2D eigenvalue weighted by molar-refractivity contribution is 0.0600. The van der Waals surface area contributed by atoms with Gasteiger partial charge in [-0.05, 0) is 31.5 Å². The van der Waals surface area contributed by atoms with Gasteiger partial charge in [-0.15, -0.1) is 0 Å². The summed E-state index contributed by atoms with van der Waals surface area (Å²) in [6, 6.07) is 5.40. The van der Waals surface area contributed by atoms with Crippen molar-refractivity contribution in [3.05, 3.63) is 45.3 Å². The van der Waals surface area contributed by atoms with E-state index in [0.717, 1.165) is 21.5 Å². The molecular formula is C14H14BrNO3S. The molecule has 4 nitrogen and oxygen atoms in total. The quantitative estimate of drug-likeness (QED) is 0.609. The van der Waals surface area contributed by atoms with E-state index in [1.807, 2.05) is 19.9 Å². The fourth-order valence-corrected chi connectivity index (χ4v) is 3.17. The van der Waals surface area contributed by atoms with Crippen molar-refractivity contribution in [2.45, 2.75) is 24.8 Å². The zero-order valence-electron chi connectivity index (χ0n) is 11.4. The molecule has 2 aromatic rings. The van der Waals surface area contributed by atoms with Gasteiger partial charge in [-0.25, -0.2) is 9.78 Å². The number of ether oxygens (including phenoxy) is 1. The molecule has 0 aliphatic heterocycles. The van der Waals surface area contributed by atoms with Crippen LogP contribution in [0.1, 0.15) is 27.4 Å². The molecule has 0 atom stereocenters. The number of aryl methyl sites for hydroxylation is 2. The first-order valence-electron chi connectivity index (χ1n) is 5.95. The van der Waals surface area contributed by atoms with E-state index in [4.69, 9.17) is 4.42 Å². The summed E-state index contributed by atoms with van der Waals surface area (Å²) in [6.07, 6.45) is 0. The van der Waals surface area contributed by atoms with Crippen molar-refractivity contribution >= 4 is 33.7 Å². The molecule has 106 valence electrons. The molecule has 0 saturated carbocycles. The van der Waals surface area contributed by atoms with Gasteiger partial charge < -0.3 is 9.15 Å². The molecule has 2 rings (SSSR count). The smallest absolute Gasteiger partial charge is 0.337 e. The predicted octanol–water partition coefficient (Wildman–Crippen LogP) is 4.13. The second-order valence-corrected chi connectivity index (χ2v) is 5.99. The number of aromatic nitrogens is 1. The van der Waals surface area contributed by atoms with Gasteiger partial charge in [0.15, 0.2) is 0 Å². The average molecular weight is 356 g/mol. The van der Waals surface area contributed by atoms with Crippen LogP contribution in [0.4, 0.5) is 0 Å². The van der Waals surface area contributed by atoms with Gasteiger partial charge in [0.05, 0.1) is 18.4 Å². The SMILES string of the molecule is COC(=O)c1ccc(CSc2nc(C)c(C)o2)c(Br)c1. The van der Waals surface area contributed by atoms with Crippen LogP contribution in [0.3, 0.4) is 0 Å². The summed E-state index contributed by atoms with van der Waals surface area (Å²) in [5.41, 5.74) is 2.50. The molecule has 1 aromatic heterocycles. The molecule has 0 bridgehead atoms. The molecule has 0 spiro atoms. The maximum absolute atomic E-state index is 11.4. The number of carbonyl (C=O) groups is 1. The summed E-state index contributed by atoms with van der Waals surface area (Å²) >= 11 is 4.98. The third-order valence-electron chi connectivity index (χ3n) is 2.83. The summed E-state index contributed by atoms with van der Waals surface area (Å²) in [5, 5.41) is 0.656. The summed E-state index contributed by atoms with van der Waals surface area (Å²) < 4.78 is 11.1. The Morgan fingerprint density at radius 1 is 1.45 bits per heavy atom. The molecule has 0 N–H and O–H groups in total. The summed E-state index contributed by atoms with van der Waals surface area (Å²) in [5.74, 6) is 1.21. The van der Waals surface area contributed by atoms with Crippen molar-refractivity contribution in [2.75, 3.05) is 7.11 Å². The number of esters is 1. The van der Waals surface area contributed by atoms with E-state index in [1.165, 1.54) is 18.9 Å². The highest BCUT2D eigenvalue weighted by molar-refractivity contribution is 9.10. The van der Waals surface area contributed by atoms with E-state index < -0.39 is 0 Å². The van der Waals surface area contributed by atoms with E-state index in [2.05, 4.69) is 25.7 Å². The average Bonchev–Trinajstić information content (AvgIpc) is 2.75. The minimum absolute atomic E-state index is 0.344. The Morgan fingerprint density at radius 3 is 2.75 bits per heavy atom. The van der Waals surface area contributed by atoms with Crippen molar-refractivity contribution in [3.8, 4) is 0 Å². The standard InChI is InChI=1S/C14H14BrNO3S/c1-8-9(2)19-14(16-8)20-7-11-5-4-10(6-12(11)15)13(17)18-3/h4-6H,7H2,1-3H3. The monoisotopic (exact) mass is 355 g/mol. The zero-order chi connectivity index (χ0) is 14.7. The number of hydrogen-bond acceptors (Lipinski definition) is 5. The Hall–Kier alpha value is -1.27. The Labute approximate surface area is 130 Å². The molecule has 0 amide bonds. The largest absolute Gasteiger partial charge is 0.465 e. The lowest BCUT2D eigenvalue weighted by Crippen LogP contribution is -2.01. The topological polar surface area (TPSA) is 52.3 Å². The number of hydrogen-bond donors (Lipinski definition) is 0.